The normalized spacial score (nSPS) is 18.0. The number of methoxy groups -OCH3 is 2. The highest BCUT2D eigenvalue weighted by molar-refractivity contribution is 6.35. The second-order valence-corrected chi connectivity index (χ2v) is 4.73. The smallest absolute Gasteiger partial charge is 0.190 e. The Morgan fingerprint density at radius 2 is 1.95 bits per heavy atom. The third-order valence-electron chi connectivity index (χ3n) is 2.80. The highest BCUT2D eigenvalue weighted by Gasteiger charge is 2.26. The fraction of sp³-hybridized carbons (Fsp3) is 0.231. The Morgan fingerprint density at radius 1 is 1.30 bits per heavy atom. The lowest BCUT2D eigenvalue weighted by molar-refractivity contribution is 0.374. The van der Waals surface area contributed by atoms with Gasteiger partial charge in [-0.3, -0.25) is 0 Å². The fourth-order valence-electron chi connectivity index (χ4n) is 1.81. The van der Waals surface area contributed by atoms with Crippen molar-refractivity contribution >= 4 is 35.2 Å². The average Bonchev–Trinajstić information content (AvgIpc) is 2.41. The zero-order valence-corrected chi connectivity index (χ0v) is 12.4. The van der Waals surface area contributed by atoms with Gasteiger partial charge in [0.25, 0.3) is 0 Å². The maximum absolute atomic E-state index is 14.5. The minimum Gasteiger partial charge on any atom is -0.495 e. The molecule has 0 bridgehead atoms. The van der Waals surface area contributed by atoms with Crippen LogP contribution in [0.25, 0.3) is 0 Å². The molecule has 0 aromatic heterocycles. The molecule has 0 saturated carbocycles. The predicted octanol–water partition coefficient (Wildman–Crippen LogP) is 3.63. The average molecular weight is 318 g/mol. The SMILES string of the molecule is [CH2]C1C=C(Cl)N=CN1c1c(F)c(OC)cc(OC)c1Cl. The molecule has 0 amide bonds. The van der Waals surface area contributed by atoms with E-state index in [-0.39, 0.29) is 21.6 Å². The maximum Gasteiger partial charge on any atom is 0.190 e. The quantitative estimate of drug-likeness (QED) is 0.798. The summed E-state index contributed by atoms with van der Waals surface area (Å²) in [4.78, 5) is 5.36. The Hall–Kier alpha value is -1.46. The topological polar surface area (TPSA) is 34.1 Å². The Kier molecular flexibility index (Phi) is 4.40. The van der Waals surface area contributed by atoms with Crippen LogP contribution in [0.1, 0.15) is 0 Å². The summed E-state index contributed by atoms with van der Waals surface area (Å²) in [5, 5.41) is 0.393. The molecule has 7 heteroatoms. The van der Waals surface area contributed by atoms with Crippen LogP contribution < -0.4 is 14.4 Å². The van der Waals surface area contributed by atoms with Gasteiger partial charge in [0.05, 0.1) is 26.6 Å². The molecule has 1 aliphatic heterocycles. The molecule has 0 saturated heterocycles. The van der Waals surface area contributed by atoms with Crippen molar-refractivity contribution in [1.82, 2.24) is 0 Å². The van der Waals surface area contributed by atoms with Gasteiger partial charge in [-0.15, -0.1) is 0 Å². The van der Waals surface area contributed by atoms with Gasteiger partial charge in [-0.1, -0.05) is 23.2 Å². The molecule has 1 heterocycles. The Bertz CT molecular complexity index is 562. The molecule has 1 atom stereocenters. The van der Waals surface area contributed by atoms with Crippen molar-refractivity contribution in [2.45, 2.75) is 6.04 Å². The van der Waals surface area contributed by atoms with E-state index in [2.05, 4.69) is 11.9 Å². The minimum absolute atomic E-state index is 0.0162. The van der Waals surface area contributed by atoms with Gasteiger partial charge in [0.2, 0.25) is 0 Å². The summed E-state index contributed by atoms with van der Waals surface area (Å²) in [5.41, 5.74) is 0.0760. The van der Waals surface area contributed by atoms with Crippen LogP contribution in [0.5, 0.6) is 11.5 Å². The number of hydrogen-bond donors (Lipinski definition) is 0. The van der Waals surface area contributed by atoms with Crippen molar-refractivity contribution in [2.75, 3.05) is 19.1 Å². The first-order valence-electron chi connectivity index (χ1n) is 5.62. The van der Waals surface area contributed by atoms with Gasteiger partial charge in [0.1, 0.15) is 21.6 Å². The first-order valence-corrected chi connectivity index (χ1v) is 6.38. The van der Waals surface area contributed by atoms with Crippen molar-refractivity contribution < 1.29 is 13.9 Å². The van der Waals surface area contributed by atoms with E-state index in [0.717, 1.165) is 0 Å². The standard InChI is InChI=1S/C13H12Cl2FN2O2/c1-7-4-10(14)17-6-18(7)13-11(15)8(19-2)5-9(20-3)12(13)16/h4-7H,1H2,2-3H3. The minimum atomic E-state index is -0.621. The summed E-state index contributed by atoms with van der Waals surface area (Å²) in [6, 6.07) is 0.923. The molecule has 0 fully saturated rings. The molecule has 0 aliphatic carbocycles. The number of hydrogen-bond acceptors (Lipinski definition) is 4. The number of rotatable bonds is 3. The molecule has 2 rings (SSSR count). The van der Waals surface area contributed by atoms with E-state index in [0.29, 0.717) is 5.75 Å². The summed E-state index contributed by atoms with van der Waals surface area (Å²) in [7, 11) is 2.80. The van der Waals surface area contributed by atoms with E-state index in [1.54, 1.807) is 6.08 Å². The zero-order chi connectivity index (χ0) is 14.9. The van der Waals surface area contributed by atoms with Crippen molar-refractivity contribution in [2.24, 2.45) is 4.99 Å². The second kappa shape index (κ2) is 5.89. The lowest BCUT2D eigenvalue weighted by Gasteiger charge is -2.29. The van der Waals surface area contributed by atoms with E-state index >= 15 is 0 Å². The van der Waals surface area contributed by atoms with E-state index in [1.165, 1.54) is 31.5 Å². The summed E-state index contributed by atoms with van der Waals surface area (Å²) < 4.78 is 24.6. The summed E-state index contributed by atoms with van der Waals surface area (Å²) in [6.07, 6.45) is 2.94. The van der Waals surface area contributed by atoms with Crippen LogP contribution in [0.2, 0.25) is 5.02 Å². The van der Waals surface area contributed by atoms with Gasteiger partial charge < -0.3 is 14.4 Å². The van der Waals surface area contributed by atoms with E-state index in [4.69, 9.17) is 32.7 Å². The highest BCUT2D eigenvalue weighted by Crippen LogP contribution is 2.42. The molecule has 1 radical (unpaired) electrons. The van der Waals surface area contributed by atoms with Crippen LogP contribution in [-0.4, -0.2) is 26.6 Å². The second-order valence-electron chi connectivity index (χ2n) is 3.97. The van der Waals surface area contributed by atoms with Crippen LogP contribution in [0.4, 0.5) is 10.1 Å². The van der Waals surface area contributed by atoms with Gasteiger partial charge in [0.15, 0.2) is 11.6 Å². The lowest BCUT2D eigenvalue weighted by Crippen LogP contribution is -2.33. The number of aliphatic imine (C=N–C) groups is 1. The lowest BCUT2D eigenvalue weighted by atomic mass is 10.2. The molecule has 1 aromatic carbocycles. The first-order chi connectivity index (χ1) is 9.49. The predicted molar refractivity (Wildman–Crippen MR) is 78.6 cm³/mol. The molecular weight excluding hydrogens is 306 g/mol. The molecule has 4 nitrogen and oxygen atoms in total. The van der Waals surface area contributed by atoms with Gasteiger partial charge in [-0.2, -0.15) is 0 Å². The van der Waals surface area contributed by atoms with Crippen LogP contribution in [-0.2, 0) is 0 Å². The molecule has 0 spiro atoms. The number of ether oxygens (including phenoxy) is 2. The summed E-state index contributed by atoms with van der Waals surface area (Å²) in [6.45, 7) is 3.87. The van der Waals surface area contributed by atoms with Gasteiger partial charge in [0, 0.05) is 6.07 Å². The Morgan fingerprint density at radius 3 is 2.50 bits per heavy atom. The van der Waals surface area contributed by atoms with Crippen molar-refractivity contribution in [3.63, 3.8) is 0 Å². The molecular formula is C13H12Cl2FN2O2. The van der Waals surface area contributed by atoms with E-state index in [1.807, 2.05) is 0 Å². The maximum atomic E-state index is 14.5. The third kappa shape index (κ3) is 2.55. The monoisotopic (exact) mass is 317 g/mol. The molecule has 20 heavy (non-hydrogen) atoms. The van der Waals surface area contributed by atoms with Gasteiger partial charge in [-0.25, -0.2) is 9.38 Å². The van der Waals surface area contributed by atoms with Gasteiger partial charge in [-0.05, 0) is 13.0 Å². The van der Waals surface area contributed by atoms with Crippen LogP contribution in [0.3, 0.4) is 0 Å². The van der Waals surface area contributed by atoms with Crippen molar-refractivity contribution in [1.29, 1.82) is 0 Å². The van der Waals surface area contributed by atoms with Crippen LogP contribution in [0, 0.1) is 12.7 Å². The number of benzene rings is 1. The molecule has 0 N–H and O–H groups in total. The van der Waals surface area contributed by atoms with Crippen LogP contribution in [0.15, 0.2) is 22.3 Å². The Balaban J connectivity index is 2.59. The first kappa shape index (κ1) is 14.9. The Labute approximate surface area is 126 Å². The fourth-order valence-corrected chi connectivity index (χ4v) is 2.31. The van der Waals surface area contributed by atoms with Gasteiger partial charge >= 0.3 is 0 Å². The summed E-state index contributed by atoms with van der Waals surface area (Å²) >= 11 is 12.0. The van der Waals surface area contributed by atoms with Crippen molar-refractivity contribution in [3.8, 4) is 11.5 Å². The van der Waals surface area contributed by atoms with Crippen LogP contribution >= 0.6 is 23.2 Å². The van der Waals surface area contributed by atoms with E-state index in [9.17, 15) is 4.39 Å². The largest absolute Gasteiger partial charge is 0.495 e. The van der Waals surface area contributed by atoms with E-state index < -0.39 is 11.9 Å². The third-order valence-corrected chi connectivity index (χ3v) is 3.39. The highest BCUT2D eigenvalue weighted by atomic mass is 35.5. The molecule has 107 valence electrons. The number of nitrogens with zero attached hydrogens (tertiary/aromatic N) is 2. The zero-order valence-electron chi connectivity index (χ0n) is 10.9. The molecule has 1 aliphatic rings. The van der Waals surface area contributed by atoms with Crippen molar-refractivity contribution in [3.05, 3.63) is 35.1 Å². The molecule has 1 unspecified atom stereocenters. The molecule has 1 aromatic rings. The number of halogens is 3. The number of anilines is 1. The summed E-state index contributed by atoms with van der Waals surface area (Å²) in [5.74, 6) is -0.312.